The molecule has 4 rings (SSSR count). The number of rotatable bonds is 10. The minimum Gasteiger partial charge on any atom is -0.461 e. The van der Waals surface area contributed by atoms with Crippen molar-refractivity contribution in [2.24, 2.45) is 0 Å². The molecule has 2 aromatic heterocycles. The highest BCUT2D eigenvalue weighted by molar-refractivity contribution is 7.17. The second kappa shape index (κ2) is 11.9. The number of benzene rings is 1. The number of H-pyrrole nitrogens is 1. The Morgan fingerprint density at radius 1 is 1.31 bits per heavy atom. The van der Waals surface area contributed by atoms with Crippen molar-refractivity contribution in [2.45, 2.75) is 45.2 Å². The highest BCUT2D eigenvalue weighted by atomic mass is 35.5. The summed E-state index contributed by atoms with van der Waals surface area (Å²) in [6.07, 6.45) is 2.45. The van der Waals surface area contributed by atoms with Crippen LogP contribution in [-0.2, 0) is 11.2 Å². The second-order valence-corrected chi connectivity index (χ2v) is 9.79. The van der Waals surface area contributed by atoms with Crippen LogP contribution in [0.2, 0.25) is 5.15 Å². The Kier molecular flexibility index (Phi) is 8.72. The molecule has 3 N–H and O–H groups in total. The number of piperidine rings is 1. The monoisotopic (exact) mass is 518 g/mol. The largest absolute Gasteiger partial charge is 0.461 e. The van der Waals surface area contributed by atoms with Crippen molar-refractivity contribution < 1.29 is 14.3 Å². The van der Waals surface area contributed by atoms with E-state index < -0.39 is 0 Å². The van der Waals surface area contributed by atoms with Crippen molar-refractivity contribution >= 4 is 45.0 Å². The number of imidazole rings is 1. The lowest BCUT2D eigenvalue weighted by atomic mass is 9.98. The molecule has 1 saturated heterocycles. The van der Waals surface area contributed by atoms with Crippen LogP contribution in [0.4, 0.5) is 0 Å². The van der Waals surface area contributed by atoms with E-state index in [1.807, 2.05) is 19.1 Å². The Bertz CT molecular complexity index is 1170. The van der Waals surface area contributed by atoms with Gasteiger partial charge < -0.3 is 20.4 Å². The fourth-order valence-corrected chi connectivity index (χ4v) is 5.35. The van der Waals surface area contributed by atoms with E-state index in [0.717, 1.165) is 48.4 Å². The molecule has 3 aromatic rings. The maximum absolute atomic E-state index is 12.8. The van der Waals surface area contributed by atoms with Gasteiger partial charge in [-0.1, -0.05) is 31.5 Å². The molecule has 1 amide bonds. The quantitative estimate of drug-likeness (QED) is 0.353. The molecule has 35 heavy (non-hydrogen) atoms. The molecular formula is C24H31ClN6O3S. The Balaban J connectivity index is 1.31. The Morgan fingerprint density at radius 3 is 2.94 bits per heavy atom. The maximum Gasteiger partial charge on any atom is 0.339 e. The van der Waals surface area contributed by atoms with Gasteiger partial charge in [-0.3, -0.25) is 9.69 Å². The van der Waals surface area contributed by atoms with Gasteiger partial charge in [0.05, 0.1) is 27.0 Å². The molecule has 0 spiro atoms. The predicted octanol–water partition coefficient (Wildman–Crippen LogP) is 3.26. The number of carbonyl (C=O) groups is 2. The van der Waals surface area contributed by atoms with E-state index in [2.05, 4.69) is 37.4 Å². The minimum absolute atomic E-state index is 0.0364. The smallest absolute Gasteiger partial charge is 0.339 e. The van der Waals surface area contributed by atoms with E-state index in [9.17, 15) is 9.59 Å². The number of halogens is 1. The first-order valence-electron chi connectivity index (χ1n) is 12.0. The van der Waals surface area contributed by atoms with Crippen molar-refractivity contribution in [1.82, 2.24) is 30.5 Å². The molecule has 188 valence electrons. The molecule has 0 radical (unpaired) electrons. The summed E-state index contributed by atoms with van der Waals surface area (Å²) in [4.78, 5) is 39.1. The number of hydrogen-bond acceptors (Lipinski definition) is 8. The van der Waals surface area contributed by atoms with Crippen LogP contribution in [0.1, 0.15) is 53.4 Å². The lowest BCUT2D eigenvalue weighted by Gasteiger charge is -2.39. The van der Waals surface area contributed by atoms with Gasteiger partial charge in [0.2, 0.25) is 0 Å². The number of esters is 1. The molecule has 0 aliphatic carbocycles. The zero-order valence-corrected chi connectivity index (χ0v) is 21.5. The number of nitrogens with zero attached hydrogens (tertiary/aromatic N) is 3. The number of carbonyl (C=O) groups excluding carboxylic acids is 2. The lowest BCUT2D eigenvalue weighted by molar-refractivity contribution is 0.0431. The number of nitrogens with one attached hydrogen (secondary N) is 3. The summed E-state index contributed by atoms with van der Waals surface area (Å²) in [5, 5.41) is 7.01. The number of aryl methyl sites for hydroxylation is 1. The fraction of sp³-hybridized carbons (Fsp3) is 0.500. The Morgan fingerprint density at radius 2 is 2.17 bits per heavy atom. The number of aromatic nitrogens is 3. The van der Waals surface area contributed by atoms with Crippen LogP contribution >= 0.6 is 22.9 Å². The van der Waals surface area contributed by atoms with Crippen molar-refractivity contribution in [3.63, 3.8) is 0 Å². The van der Waals surface area contributed by atoms with E-state index in [1.54, 1.807) is 11.6 Å². The Labute approximate surface area is 213 Å². The molecule has 2 atom stereocenters. The van der Waals surface area contributed by atoms with Crippen molar-refractivity contribution in [1.29, 1.82) is 0 Å². The molecule has 1 aliphatic heterocycles. The van der Waals surface area contributed by atoms with Gasteiger partial charge in [0.25, 0.3) is 5.91 Å². The standard InChI is InChI=1S/C24H31ClN6O3S/c1-3-9-26-19-13-31(10-8-17(19)29-23(32)22-28-16(4-2)21(25)30-22)11-12-34-24(33)15-6-5-7-18-20(15)35-14-27-18/h5-7,14,17,19,26H,3-4,8-13H2,1-2H3,(H,28,30)(H,29,32). The van der Waals surface area contributed by atoms with Crippen molar-refractivity contribution in [2.75, 3.05) is 32.8 Å². The number of ether oxygens (including phenoxy) is 1. The molecule has 0 bridgehead atoms. The summed E-state index contributed by atoms with van der Waals surface area (Å²) in [5.74, 6) is -0.336. The summed E-state index contributed by atoms with van der Waals surface area (Å²) in [5.41, 5.74) is 3.85. The summed E-state index contributed by atoms with van der Waals surface area (Å²) in [6.45, 7) is 7.38. The molecule has 3 heterocycles. The van der Waals surface area contributed by atoms with Crippen molar-refractivity contribution in [3.8, 4) is 0 Å². The number of amides is 1. The number of fused-ring (bicyclic) bond motifs is 1. The van der Waals surface area contributed by atoms with Crippen LogP contribution in [-0.4, -0.2) is 76.6 Å². The molecule has 11 heteroatoms. The molecule has 1 aromatic carbocycles. The number of aromatic amines is 1. The van der Waals surface area contributed by atoms with E-state index in [4.69, 9.17) is 16.3 Å². The Hall–Kier alpha value is -2.53. The van der Waals surface area contributed by atoms with E-state index in [-0.39, 0.29) is 29.8 Å². The SMILES string of the molecule is CCCNC1CN(CCOC(=O)c2cccc3ncsc23)CCC1NC(=O)c1nc(Cl)c(CC)[nH]1. The molecule has 1 fully saturated rings. The van der Waals surface area contributed by atoms with Crippen molar-refractivity contribution in [3.05, 3.63) is 45.9 Å². The number of likely N-dealkylation sites (tertiary alicyclic amines) is 1. The molecular weight excluding hydrogens is 488 g/mol. The van der Waals surface area contributed by atoms with Crippen LogP contribution in [0.3, 0.4) is 0 Å². The third-order valence-electron chi connectivity index (χ3n) is 6.18. The van der Waals surface area contributed by atoms with Gasteiger partial charge in [-0.2, -0.15) is 0 Å². The maximum atomic E-state index is 12.8. The fourth-order valence-electron chi connectivity index (χ4n) is 4.29. The topological polar surface area (TPSA) is 112 Å². The van der Waals surface area contributed by atoms with Crippen LogP contribution < -0.4 is 10.6 Å². The lowest BCUT2D eigenvalue weighted by Crippen LogP contribution is -2.60. The van der Waals surface area contributed by atoms with Gasteiger partial charge in [0.1, 0.15) is 6.61 Å². The normalized spacial score (nSPS) is 18.6. The average molecular weight is 519 g/mol. The van der Waals surface area contributed by atoms with Crippen LogP contribution in [0.25, 0.3) is 10.2 Å². The average Bonchev–Trinajstić information content (AvgIpc) is 3.50. The van der Waals surface area contributed by atoms with Gasteiger partial charge >= 0.3 is 5.97 Å². The summed E-state index contributed by atoms with van der Waals surface area (Å²) in [6, 6.07) is 5.52. The van der Waals surface area contributed by atoms with Crippen LogP contribution in [0, 0.1) is 0 Å². The van der Waals surface area contributed by atoms with Crippen LogP contribution in [0.5, 0.6) is 0 Å². The highest BCUT2D eigenvalue weighted by Crippen LogP contribution is 2.23. The van der Waals surface area contributed by atoms with E-state index in [1.165, 1.54) is 11.3 Å². The summed E-state index contributed by atoms with van der Waals surface area (Å²) < 4.78 is 6.43. The molecule has 9 nitrogen and oxygen atoms in total. The predicted molar refractivity (Wildman–Crippen MR) is 137 cm³/mol. The first-order valence-corrected chi connectivity index (χ1v) is 13.3. The second-order valence-electron chi connectivity index (χ2n) is 8.58. The third kappa shape index (κ3) is 6.19. The zero-order chi connectivity index (χ0) is 24.8. The molecule has 0 saturated carbocycles. The van der Waals surface area contributed by atoms with Gasteiger partial charge in [-0.05, 0) is 37.9 Å². The highest BCUT2D eigenvalue weighted by Gasteiger charge is 2.31. The number of hydrogen-bond donors (Lipinski definition) is 3. The summed E-state index contributed by atoms with van der Waals surface area (Å²) in [7, 11) is 0. The van der Waals surface area contributed by atoms with Gasteiger partial charge in [0.15, 0.2) is 11.0 Å². The van der Waals surface area contributed by atoms with Gasteiger partial charge in [-0.25, -0.2) is 14.8 Å². The first kappa shape index (κ1) is 25.6. The first-order chi connectivity index (χ1) is 17.0. The zero-order valence-electron chi connectivity index (χ0n) is 20.0. The van der Waals surface area contributed by atoms with E-state index >= 15 is 0 Å². The van der Waals surface area contributed by atoms with E-state index in [0.29, 0.717) is 30.3 Å². The number of thiazole rings is 1. The van der Waals surface area contributed by atoms with Gasteiger partial charge in [-0.15, -0.1) is 11.3 Å². The minimum atomic E-state index is -0.328. The summed E-state index contributed by atoms with van der Waals surface area (Å²) >= 11 is 7.54. The molecule has 1 aliphatic rings. The van der Waals surface area contributed by atoms with Crippen LogP contribution in [0.15, 0.2) is 23.7 Å². The van der Waals surface area contributed by atoms with Gasteiger partial charge in [0, 0.05) is 31.7 Å². The molecule has 2 unspecified atom stereocenters. The third-order valence-corrected chi connectivity index (χ3v) is 7.37.